The van der Waals surface area contributed by atoms with E-state index in [-0.39, 0.29) is 17.7 Å². The molecule has 1 amide bonds. The largest absolute Gasteiger partial charge is 0.459 e. The Morgan fingerprint density at radius 2 is 2.00 bits per heavy atom. The monoisotopic (exact) mass is 402 g/mol. The van der Waals surface area contributed by atoms with Crippen molar-refractivity contribution in [3.63, 3.8) is 0 Å². The zero-order valence-electron chi connectivity index (χ0n) is 16.9. The van der Waals surface area contributed by atoms with Crippen LogP contribution in [0.3, 0.4) is 0 Å². The summed E-state index contributed by atoms with van der Waals surface area (Å²) in [6, 6.07) is 4.69. The Labute approximate surface area is 168 Å². The molecule has 1 saturated heterocycles. The number of hydrogen-bond acceptors (Lipinski definition) is 7. The van der Waals surface area contributed by atoms with Crippen LogP contribution in [0.15, 0.2) is 29.3 Å². The fourth-order valence-corrected chi connectivity index (χ4v) is 3.02. The summed E-state index contributed by atoms with van der Waals surface area (Å²) >= 11 is 0. The standard InChI is InChI=1S/C20H26N4O5/c1-20(2,3)29-17(25)12-24-13-22-16-6-5-14(11-15(16)18(24)26)28-19(27)23-9-4-7-21-8-10-23/h5-6,11,13,21H,4,7-10,12H2,1-3H3. The lowest BCUT2D eigenvalue weighted by atomic mass is 10.2. The first-order valence-corrected chi connectivity index (χ1v) is 9.61. The Kier molecular flexibility index (Phi) is 6.17. The van der Waals surface area contributed by atoms with Crippen LogP contribution in [0.25, 0.3) is 10.9 Å². The van der Waals surface area contributed by atoms with E-state index in [0.29, 0.717) is 25.2 Å². The van der Waals surface area contributed by atoms with Crippen LogP contribution in [0.4, 0.5) is 4.79 Å². The number of carbonyl (C=O) groups is 2. The summed E-state index contributed by atoms with van der Waals surface area (Å²) in [4.78, 5) is 43.1. The van der Waals surface area contributed by atoms with Crippen LogP contribution in [-0.4, -0.2) is 58.3 Å². The van der Waals surface area contributed by atoms with Gasteiger partial charge in [-0.25, -0.2) is 9.78 Å². The number of nitrogens with zero attached hydrogens (tertiary/aromatic N) is 3. The molecule has 1 aromatic heterocycles. The summed E-state index contributed by atoms with van der Waals surface area (Å²) in [5.41, 5.74) is -0.596. The summed E-state index contributed by atoms with van der Waals surface area (Å²) < 4.78 is 11.9. The van der Waals surface area contributed by atoms with E-state index in [1.165, 1.54) is 17.0 Å². The van der Waals surface area contributed by atoms with Crippen LogP contribution < -0.4 is 15.6 Å². The van der Waals surface area contributed by atoms with Crippen LogP contribution >= 0.6 is 0 Å². The second kappa shape index (κ2) is 8.60. The molecule has 1 N–H and O–H groups in total. The number of aromatic nitrogens is 2. The molecule has 1 aliphatic rings. The first-order chi connectivity index (χ1) is 13.7. The molecule has 9 heteroatoms. The first kappa shape index (κ1) is 20.8. The van der Waals surface area contributed by atoms with E-state index in [9.17, 15) is 14.4 Å². The van der Waals surface area contributed by atoms with Gasteiger partial charge in [-0.1, -0.05) is 0 Å². The number of amides is 1. The predicted molar refractivity (Wildman–Crippen MR) is 107 cm³/mol. The zero-order valence-corrected chi connectivity index (χ0v) is 16.9. The van der Waals surface area contributed by atoms with Crippen LogP contribution in [0.5, 0.6) is 5.75 Å². The molecule has 0 atom stereocenters. The van der Waals surface area contributed by atoms with Gasteiger partial charge in [0.05, 0.1) is 17.2 Å². The molecule has 156 valence electrons. The first-order valence-electron chi connectivity index (χ1n) is 9.61. The number of ether oxygens (including phenoxy) is 2. The molecular formula is C20H26N4O5. The van der Waals surface area contributed by atoms with Crippen molar-refractivity contribution in [2.75, 3.05) is 26.2 Å². The highest BCUT2D eigenvalue weighted by Crippen LogP contribution is 2.18. The van der Waals surface area contributed by atoms with E-state index in [0.717, 1.165) is 13.0 Å². The number of benzene rings is 1. The minimum atomic E-state index is -0.644. The van der Waals surface area contributed by atoms with E-state index >= 15 is 0 Å². The smallest absolute Gasteiger partial charge is 0.415 e. The molecule has 1 aliphatic heterocycles. The summed E-state index contributed by atoms with van der Waals surface area (Å²) in [6.07, 6.45) is 1.71. The summed E-state index contributed by atoms with van der Waals surface area (Å²) in [5.74, 6) is -0.272. The van der Waals surface area contributed by atoms with Crippen molar-refractivity contribution in [1.29, 1.82) is 0 Å². The van der Waals surface area contributed by atoms with Gasteiger partial charge >= 0.3 is 12.1 Å². The highest BCUT2D eigenvalue weighted by atomic mass is 16.6. The van der Waals surface area contributed by atoms with Crippen molar-refractivity contribution in [1.82, 2.24) is 19.8 Å². The lowest BCUT2D eigenvalue weighted by Crippen LogP contribution is -2.36. The van der Waals surface area contributed by atoms with Crippen molar-refractivity contribution < 1.29 is 19.1 Å². The topological polar surface area (TPSA) is 103 Å². The van der Waals surface area contributed by atoms with Crippen molar-refractivity contribution in [3.8, 4) is 5.75 Å². The van der Waals surface area contributed by atoms with Gasteiger partial charge in [-0.2, -0.15) is 0 Å². The van der Waals surface area contributed by atoms with Gasteiger partial charge in [0.15, 0.2) is 0 Å². The normalized spacial score (nSPS) is 15.1. The molecule has 1 fully saturated rings. The Hall–Kier alpha value is -2.94. The fraction of sp³-hybridized carbons (Fsp3) is 0.500. The molecule has 29 heavy (non-hydrogen) atoms. The van der Waals surface area contributed by atoms with Gasteiger partial charge < -0.3 is 19.7 Å². The maximum atomic E-state index is 12.8. The van der Waals surface area contributed by atoms with Gasteiger partial charge in [-0.15, -0.1) is 0 Å². The van der Waals surface area contributed by atoms with E-state index in [1.54, 1.807) is 37.8 Å². The fourth-order valence-electron chi connectivity index (χ4n) is 3.02. The van der Waals surface area contributed by atoms with Crippen molar-refractivity contribution in [3.05, 3.63) is 34.9 Å². The van der Waals surface area contributed by atoms with Crippen molar-refractivity contribution in [2.24, 2.45) is 0 Å². The lowest BCUT2D eigenvalue weighted by Gasteiger charge is -2.20. The third-order valence-electron chi connectivity index (χ3n) is 4.32. The lowest BCUT2D eigenvalue weighted by molar-refractivity contribution is -0.155. The molecule has 0 saturated carbocycles. The third-order valence-corrected chi connectivity index (χ3v) is 4.32. The molecule has 0 spiro atoms. The molecule has 0 aliphatic carbocycles. The van der Waals surface area contributed by atoms with Gasteiger partial charge in [0, 0.05) is 19.6 Å². The molecule has 0 radical (unpaired) electrons. The number of fused-ring (bicyclic) bond motifs is 1. The predicted octanol–water partition coefficient (Wildman–Crippen LogP) is 1.53. The molecule has 0 bridgehead atoms. The second-order valence-electron chi connectivity index (χ2n) is 7.90. The maximum Gasteiger partial charge on any atom is 0.415 e. The average Bonchev–Trinajstić information content (AvgIpc) is 2.92. The van der Waals surface area contributed by atoms with E-state index in [2.05, 4.69) is 10.3 Å². The number of esters is 1. The molecule has 3 rings (SSSR count). The van der Waals surface area contributed by atoms with Crippen LogP contribution in [-0.2, 0) is 16.1 Å². The van der Waals surface area contributed by atoms with E-state index < -0.39 is 23.2 Å². The summed E-state index contributed by atoms with van der Waals surface area (Å²) in [7, 11) is 0. The van der Waals surface area contributed by atoms with E-state index in [1.807, 2.05) is 0 Å². The Morgan fingerprint density at radius 3 is 2.76 bits per heavy atom. The van der Waals surface area contributed by atoms with Gasteiger partial charge in [-0.05, 0) is 51.9 Å². The SMILES string of the molecule is CC(C)(C)OC(=O)Cn1cnc2ccc(OC(=O)N3CCCNCC3)cc2c1=O. The minimum Gasteiger partial charge on any atom is -0.459 e. The highest BCUT2D eigenvalue weighted by Gasteiger charge is 2.19. The molecule has 9 nitrogen and oxygen atoms in total. The van der Waals surface area contributed by atoms with Gasteiger partial charge in [-0.3, -0.25) is 14.2 Å². The number of rotatable bonds is 3. The summed E-state index contributed by atoms with van der Waals surface area (Å²) in [6.45, 7) is 7.78. The Morgan fingerprint density at radius 1 is 1.21 bits per heavy atom. The zero-order chi connectivity index (χ0) is 21.0. The van der Waals surface area contributed by atoms with Crippen LogP contribution in [0.2, 0.25) is 0 Å². The molecule has 2 heterocycles. The van der Waals surface area contributed by atoms with Gasteiger partial charge in [0.25, 0.3) is 5.56 Å². The van der Waals surface area contributed by atoms with Gasteiger partial charge in [0.2, 0.25) is 0 Å². The number of carbonyl (C=O) groups excluding carboxylic acids is 2. The molecule has 1 aromatic carbocycles. The molecular weight excluding hydrogens is 376 g/mol. The molecule has 0 unspecified atom stereocenters. The van der Waals surface area contributed by atoms with Crippen molar-refractivity contribution >= 4 is 23.0 Å². The van der Waals surface area contributed by atoms with Gasteiger partial charge in [0.1, 0.15) is 17.9 Å². The minimum absolute atomic E-state index is 0.246. The quantitative estimate of drug-likeness (QED) is 0.777. The van der Waals surface area contributed by atoms with E-state index in [4.69, 9.17) is 9.47 Å². The Balaban J connectivity index is 1.79. The highest BCUT2D eigenvalue weighted by molar-refractivity contribution is 5.81. The average molecular weight is 402 g/mol. The van der Waals surface area contributed by atoms with Crippen LogP contribution in [0, 0.1) is 0 Å². The number of hydrogen-bond donors (Lipinski definition) is 1. The molecule has 2 aromatic rings. The third kappa shape index (κ3) is 5.54. The van der Waals surface area contributed by atoms with Crippen LogP contribution in [0.1, 0.15) is 27.2 Å². The Bertz CT molecular complexity index is 955. The number of nitrogens with one attached hydrogen (secondary N) is 1. The maximum absolute atomic E-state index is 12.8. The summed E-state index contributed by atoms with van der Waals surface area (Å²) in [5, 5.41) is 3.49. The second-order valence-corrected chi connectivity index (χ2v) is 7.90. The van der Waals surface area contributed by atoms with Crippen molar-refractivity contribution in [2.45, 2.75) is 39.3 Å².